The SMILES string of the molecule is CC(C)NS(=O)(=O)N(C)CCC(=O)O. The third-order valence-corrected chi connectivity index (χ3v) is 3.21. The maximum absolute atomic E-state index is 11.4. The third-order valence-electron chi connectivity index (χ3n) is 1.44. The van der Waals surface area contributed by atoms with Crippen molar-refractivity contribution in [1.29, 1.82) is 0 Å². The number of hydrogen-bond acceptors (Lipinski definition) is 3. The summed E-state index contributed by atoms with van der Waals surface area (Å²) >= 11 is 0. The predicted octanol–water partition coefficient (Wildman–Crippen LogP) is -0.364. The quantitative estimate of drug-likeness (QED) is 0.645. The summed E-state index contributed by atoms with van der Waals surface area (Å²) in [5.41, 5.74) is 0. The van der Waals surface area contributed by atoms with Crippen molar-refractivity contribution in [3.05, 3.63) is 0 Å². The fourth-order valence-electron chi connectivity index (χ4n) is 0.761. The number of aliphatic carboxylic acids is 1. The van der Waals surface area contributed by atoms with Crippen molar-refractivity contribution in [2.24, 2.45) is 0 Å². The van der Waals surface area contributed by atoms with Crippen molar-refractivity contribution >= 4 is 16.2 Å². The van der Waals surface area contributed by atoms with Gasteiger partial charge in [-0.1, -0.05) is 0 Å². The van der Waals surface area contributed by atoms with E-state index >= 15 is 0 Å². The second-order valence-corrected chi connectivity index (χ2v) is 5.05. The molecule has 0 unspecified atom stereocenters. The Hall–Kier alpha value is -0.660. The molecule has 0 bridgehead atoms. The van der Waals surface area contributed by atoms with E-state index in [2.05, 4.69) is 4.72 Å². The minimum atomic E-state index is -3.54. The van der Waals surface area contributed by atoms with E-state index in [1.807, 2.05) is 0 Å². The fraction of sp³-hybridized carbons (Fsp3) is 0.857. The summed E-state index contributed by atoms with van der Waals surface area (Å²) < 4.78 is 26.1. The first-order valence-electron chi connectivity index (χ1n) is 4.21. The van der Waals surface area contributed by atoms with Crippen molar-refractivity contribution in [3.63, 3.8) is 0 Å². The molecule has 0 aromatic carbocycles. The van der Waals surface area contributed by atoms with Gasteiger partial charge in [-0.2, -0.15) is 17.4 Å². The van der Waals surface area contributed by atoms with Crippen molar-refractivity contribution < 1.29 is 18.3 Å². The number of rotatable bonds is 6. The molecular formula is C7H16N2O4S. The van der Waals surface area contributed by atoms with Crippen molar-refractivity contribution in [2.75, 3.05) is 13.6 Å². The summed E-state index contributed by atoms with van der Waals surface area (Å²) in [6.45, 7) is 3.36. The van der Waals surface area contributed by atoms with Gasteiger partial charge in [0, 0.05) is 19.6 Å². The van der Waals surface area contributed by atoms with Crippen LogP contribution in [0, 0.1) is 0 Å². The van der Waals surface area contributed by atoms with Gasteiger partial charge in [-0.05, 0) is 13.8 Å². The highest BCUT2D eigenvalue weighted by Crippen LogP contribution is 1.97. The maximum atomic E-state index is 11.4. The molecule has 0 spiro atoms. The largest absolute Gasteiger partial charge is 0.481 e. The van der Waals surface area contributed by atoms with Crippen LogP contribution in [-0.4, -0.2) is 43.4 Å². The summed E-state index contributed by atoms with van der Waals surface area (Å²) in [4.78, 5) is 10.2. The van der Waals surface area contributed by atoms with E-state index in [-0.39, 0.29) is 19.0 Å². The van der Waals surface area contributed by atoms with Gasteiger partial charge in [0.1, 0.15) is 0 Å². The minimum absolute atomic E-state index is 0.0304. The first-order chi connectivity index (χ1) is 6.25. The molecule has 0 rings (SSSR count). The number of nitrogens with one attached hydrogen (secondary N) is 1. The molecule has 0 aromatic rings. The number of carbonyl (C=O) groups is 1. The van der Waals surface area contributed by atoms with Crippen LogP contribution in [0.25, 0.3) is 0 Å². The molecular weight excluding hydrogens is 208 g/mol. The van der Waals surface area contributed by atoms with Crippen LogP contribution in [0.3, 0.4) is 0 Å². The Balaban J connectivity index is 4.22. The molecule has 0 aliphatic carbocycles. The average molecular weight is 224 g/mol. The molecule has 0 amide bonds. The van der Waals surface area contributed by atoms with Crippen LogP contribution in [0.15, 0.2) is 0 Å². The lowest BCUT2D eigenvalue weighted by atomic mass is 10.4. The summed E-state index contributed by atoms with van der Waals surface area (Å²) in [5.74, 6) is -1.02. The lowest BCUT2D eigenvalue weighted by molar-refractivity contribution is -0.137. The van der Waals surface area contributed by atoms with Crippen LogP contribution in [0.2, 0.25) is 0 Å². The monoisotopic (exact) mass is 224 g/mol. The Bertz CT molecular complexity index is 286. The zero-order valence-electron chi connectivity index (χ0n) is 8.52. The fourth-order valence-corrected chi connectivity index (χ4v) is 1.87. The molecule has 0 aliphatic heterocycles. The number of hydrogen-bond donors (Lipinski definition) is 2. The van der Waals surface area contributed by atoms with E-state index in [0.717, 1.165) is 4.31 Å². The summed E-state index contributed by atoms with van der Waals surface area (Å²) in [6, 6.07) is -0.202. The molecule has 7 heteroatoms. The Morgan fingerprint density at radius 1 is 1.50 bits per heavy atom. The van der Waals surface area contributed by atoms with Crippen LogP contribution in [0.4, 0.5) is 0 Å². The molecule has 14 heavy (non-hydrogen) atoms. The van der Waals surface area contributed by atoms with E-state index in [0.29, 0.717) is 0 Å². The Kier molecular flexibility index (Phi) is 5.03. The van der Waals surface area contributed by atoms with Crippen LogP contribution in [0.5, 0.6) is 0 Å². The van der Waals surface area contributed by atoms with Gasteiger partial charge in [-0.3, -0.25) is 4.79 Å². The van der Waals surface area contributed by atoms with Crippen molar-refractivity contribution in [3.8, 4) is 0 Å². The zero-order valence-corrected chi connectivity index (χ0v) is 9.34. The van der Waals surface area contributed by atoms with E-state index < -0.39 is 16.2 Å². The Morgan fingerprint density at radius 2 is 2.00 bits per heavy atom. The smallest absolute Gasteiger partial charge is 0.304 e. The second kappa shape index (κ2) is 5.28. The highest BCUT2D eigenvalue weighted by molar-refractivity contribution is 7.87. The average Bonchev–Trinajstić information content (AvgIpc) is 1.97. The number of carboxylic acid groups (broad SMARTS) is 1. The molecule has 6 nitrogen and oxygen atoms in total. The first kappa shape index (κ1) is 13.3. The molecule has 0 saturated carbocycles. The number of carboxylic acids is 1. The van der Waals surface area contributed by atoms with Gasteiger partial charge in [-0.15, -0.1) is 0 Å². The molecule has 0 aliphatic rings. The van der Waals surface area contributed by atoms with Crippen LogP contribution in [0.1, 0.15) is 20.3 Å². The van der Waals surface area contributed by atoms with Crippen molar-refractivity contribution in [1.82, 2.24) is 9.03 Å². The predicted molar refractivity (Wildman–Crippen MR) is 52.1 cm³/mol. The highest BCUT2D eigenvalue weighted by atomic mass is 32.2. The molecule has 0 saturated heterocycles. The van der Waals surface area contributed by atoms with Crippen molar-refractivity contribution in [2.45, 2.75) is 26.3 Å². The summed E-state index contributed by atoms with van der Waals surface area (Å²) in [5, 5.41) is 8.37. The molecule has 0 atom stereocenters. The van der Waals surface area contributed by atoms with Gasteiger partial charge in [0.2, 0.25) is 0 Å². The van der Waals surface area contributed by atoms with Gasteiger partial charge >= 0.3 is 5.97 Å². The maximum Gasteiger partial charge on any atom is 0.304 e. The highest BCUT2D eigenvalue weighted by Gasteiger charge is 2.18. The zero-order chi connectivity index (χ0) is 11.4. The van der Waals surface area contributed by atoms with Gasteiger partial charge in [0.05, 0.1) is 6.42 Å². The molecule has 2 N–H and O–H groups in total. The van der Waals surface area contributed by atoms with E-state index in [1.54, 1.807) is 13.8 Å². The van der Waals surface area contributed by atoms with E-state index in [4.69, 9.17) is 5.11 Å². The van der Waals surface area contributed by atoms with E-state index in [9.17, 15) is 13.2 Å². The topological polar surface area (TPSA) is 86.7 Å². The Labute approximate surface area is 84.1 Å². The third kappa shape index (κ3) is 5.15. The van der Waals surface area contributed by atoms with Gasteiger partial charge in [0.25, 0.3) is 10.2 Å². The molecule has 0 fully saturated rings. The molecule has 0 heterocycles. The standard InChI is InChI=1S/C7H16N2O4S/c1-6(2)8-14(12,13)9(3)5-4-7(10)11/h6,8H,4-5H2,1-3H3,(H,10,11). The second-order valence-electron chi connectivity index (χ2n) is 3.24. The molecule has 0 radical (unpaired) electrons. The van der Waals surface area contributed by atoms with Gasteiger partial charge in [-0.25, -0.2) is 0 Å². The minimum Gasteiger partial charge on any atom is -0.481 e. The molecule has 84 valence electrons. The van der Waals surface area contributed by atoms with Gasteiger partial charge < -0.3 is 5.11 Å². The summed E-state index contributed by atoms with van der Waals surface area (Å²) in [7, 11) is -2.19. The van der Waals surface area contributed by atoms with Crippen LogP contribution >= 0.6 is 0 Å². The molecule has 0 aromatic heterocycles. The van der Waals surface area contributed by atoms with Crippen LogP contribution < -0.4 is 4.72 Å². The van der Waals surface area contributed by atoms with Crippen LogP contribution in [-0.2, 0) is 15.0 Å². The van der Waals surface area contributed by atoms with Gasteiger partial charge in [0.15, 0.2) is 0 Å². The first-order valence-corrected chi connectivity index (χ1v) is 5.65. The Morgan fingerprint density at radius 3 is 2.36 bits per heavy atom. The van der Waals surface area contributed by atoms with E-state index in [1.165, 1.54) is 7.05 Å². The lowest BCUT2D eigenvalue weighted by Crippen LogP contribution is -2.42. The lowest BCUT2D eigenvalue weighted by Gasteiger charge is -2.18. The normalized spacial score (nSPS) is 12.4. The summed E-state index contributed by atoms with van der Waals surface area (Å²) in [6.07, 6.45) is -0.199. The number of nitrogens with zero attached hydrogens (tertiary/aromatic N) is 1.